The van der Waals surface area contributed by atoms with Gasteiger partial charge in [0.15, 0.2) is 6.29 Å². The highest BCUT2D eigenvalue weighted by atomic mass is 16.5. The average Bonchev–Trinajstić information content (AvgIpc) is 2.65. The van der Waals surface area contributed by atoms with Gasteiger partial charge >= 0.3 is 0 Å². The van der Waals surface area contributed by atoms with E-state index >= 15 is 0 Å². The molecule has 1 unspecified atom stereocenters. The van der Waals surface area contributed by atoms with Crippen LogP contribution in [0.5, 0.6) is 0 Å². The molecular weight excluding hydrogens is 204 g/mol. The molecule has 0 saturated carbocycles. The van der Waals surface area contributed by atoms with Crippen LogP contribution in [-0.2, 0) is 24.1 Å². The Kier molecular flexibility index (Phi) is 4.68. The van der Waals surface area contributed by atoms with Crippen molar-refractivity contribution in [3.63, 3.8) is 0 Å². The molecule has 1 aromatic heterocycles. The monoisotopic (exact) mass is 224 g/mol. The molecule has 1 rings (SSSR count). The first-order chi connectivity index (χ1) is 7.67. The predicted octanol–water partition coefficient (Wildman–Crippen LogP) is 1.86. The molecule has 90 valence electrons. The Balaban J connectivity index is 3.08. The zero-order valence-electron chi connectivity index (χ0n) is 10.5. The highest BCUT2D eigenvalue weighted by Crippen LogP contribution is 2.14. The maximum absolute atomic E-state index is 11.1. The van der Waals surface area contributed by atoms with E-state index in [1.807, 2.05) is 25.5 Å². The zero-order valence-corrected chi connectivity index (χ0v) is 10.5. The molecule has 0 aliphatic rings. The second kappa shape index (κ2) is 5.80. The van der Waals surface area contributed by atoms with Crippen molar-refractivity contribution < 1.29 is 9.53 Å². The number of aryl methyl sites for hydroxylation is 1. The Morgan fingerprint density at radius 3 is 2.56 bits per heavy atom. The second-order valence-corrected chi connectivity index (χ2v) is 3.86. The third-order valence-corrected chi connectivity index (χ3v) is 2.79. The van der Waals surface area contributed by atoms with Gasteiger partial charge in [-0.15, -0.1) is 0 Å². The van der Waals surface area contributed by atoms with Gasteiger partial charge in [0.05, 0.1) is 23.9 Å². The molecule has 0 spiro atoms. The van der Waals surface area contributed by atoms with Crippen molar-refractivity contribution in [2.45, 2.75) is 46.3 Å². The van der Waals surface area contributed by atoms with Crippen molar-refractivity contribution in [2.75, 3.05) is 7.11 Å². The van der Waals surface area contributed by atoms with Gasteiger partial charge in [0.2, 0.25) is 0 Å². The number of methoxy groups -OCH3 is 1. The Morgan fingerprint density at radius 2 is 2.12 bits per heavy atom. The largest absolute Gasteiger partial charge is 0.380 e. The van der Waals surface area contributed by atoms with E-state index in [1.165, 1.54) is 0 Å². The van der Waals surface area contributed by atoms with E-state index in [0.29, 0.717) is 6.54 Å². The molecular formula is C12H20N2O2. The molecule has 0 N–H and O–H groups in total. The lowest BCUT2D eigenvalue weighted by Crippen LogP contribution is -2.17. The van der Waals surface area contributed by atoms with Crippen LogP contribution in [0.2, 0.25) is 0 Å². The topological polar surface area (TPSA) is 44.1 Å². The number of carbonyl (C=O) groups excluding carboxylic acids is 1. The van der Waals surface area contributed by atoms with Crippen LogP contribution < -0.4 is 0 Å². The summed E-state index contributed by atoms with van der Waals surface area (Å²) in [4.78, 5) is 11.1. The fourth-order valence-electron chi connectivity index (χ4n) is 1.80. The summed E-state index contributed by atoms with van der Waals surface area (Å²) in [6.45, 7) is 6.74. The maximum Gasteiger partial charge on any atom is 0.153 e. The summed E-state index contributed by atoms with van der Waals surface area (Å²) < 4.78 is 7.12. The van der Waals surface area contributed by atoms with E-state index in [-0.39, 0.29) is 6.10 Å². The zero-order chi connectivity index (χ0) is 12.1. The lowest BCUT2D eigenvalue weighted by Gasteiger charge is -2.11. The molecule has 0 aliphatic carbocycles. The third kappa shape index (κ3) is 2.50. The molecule has 0 aliphatic heterocycles. The molecule has 0 saturated heterocycles. The van der Waals surface area contributed by atoms with Crippen molar-refractivity contribution in [3.05, 3.63) is 17.0 Å². The molecule has 4 heteroatoms. The molecule has 0 radical (unpaired) electrons. The van der Waals surface area contributed by atoms with Crippen molar-refractivity contribution >= 4 is 6.29 Å². The molecule has 0 aromatic carbocycles. The van der Waals surface area contributed by atoms with E-state index in [4.69, 9.17) is 4.74 Å². The van der Waals surface area contributed by atoms with E-state index in [2.05, 4.69) is 5.10 Å². The Hall–Kier alpha value is -1.16. The summed E-state index contributed by atoms with van der Waals surface area (Å²) in [7, 11) is 1.68. The van der Waals surface area contributed by atoms with Gasteiger partial charge < -0.3 is 4.74 Å². The van der Waals surface area contributed by atoms with Gasteiger partial charge in [-0.25, -0.2) is 0 Å². The van der Waals surface area contributed by atoms with Crippen molar-refractivity contribution in [3.8, 4) is 0 Å². The smallest absolute Gasteiger partial charge is 0.153 e. The molecule has 0 bridgehead atoms. The number of hydrogen-bond acceptors (Lipinski definition) is 3. The van der Waals surface area contributed by atoms with Gasteiger partial charge in [-0.05, 0) is 19.8 Å². The predicted molar refractivity (Wildman–Crippen MR) is 62.8 cm³/mol. The first-order valence-electron chi connectivity index (χ1n) is 5.74. The van der Waals surface area contributed by atoms with Crippen LogP contribution in [0.25, 0.3) is 0 Å². The van der Waals surface area contributed by atoms with E-state index in [1.54, 1.807) is 7.11 Å². The van der Waals surface area contributed by atoms with E-state index in [9.17, 15) is 4.79 Å². The Morgan fingerprint density at radius 1 is 1.44 bits per heavy atom. The summed E-state index contributed by atoms with van der Waals surface area (Å²) in [6, 6.07) is 0. The van der Waals surface area contributed by atoms with Crippen LogP contribution in [0.4, 0.5) is 0 Å². The van der Waals surface area contributed by atoms with Gasteiger partial charge in [0.25, 0.3) is 0 Å². The first kappa shape index (κ1) is 12.9. The Bertz CT molecular complexity index is 358. The van der Waals surface area contributed by atoms with Crippen LogP contribution in [0.1, 0.15) is 42.5 Å². The third-order valence-electron chi connectivity index (χ3n) is 2.79. The number of aromatic nitrogens is 2. The number of ether oxygens (including phenoxy) is 1. The van der Waals surface area contributed by atoms with E-state index in [0.717, 1.165) is 36.1 Å². The van der Waals surface area contributed by atoms with Crippen LogP contribution >= 0.6 is 0 Å². The van der Waals surface area contributed by atoms with Gasteiger partial charge in [-0.3, -0.25) is 9.48 Å². The maximum atomic E-state index is 11.1. The summed E-state index contributed by atoms with van der Waals surface area (Å²) in [5.74, 6) is 0. The van der Waals surface area contributed by atoms with Gasteiger partial charge in [0.1, 0.15) is 0 Å². The minimum Gasteiger partial charge on any atom is -0.380 e. The fourth-order valence-corrected chi connectivity index (χ4v) is 1.80. The minimum absolute atomic E-state index is 0.106. The Labute approximate surface area is 96.6 Å². The van der Waals surface area contributed by atoms with Crippen LogP contribution in [0, 0.1) is 0 Å². The second-order valence-electron chi connectivity index (χ2n) is 3.86. The van der Waals surface area contributed by atoms with Crippen molar-refractivity contribution in [1.82, 2.24) is 9.78 Å². The highest BCUT2D eigenvalue weighted by Gasteiger charge is 2.15. The number of rotatable bonds is 6. The molecule has 16 heavy (non-hydrogen) atoms. The number of hydrogen-bond donors (Lipinski definition) is 0. The lowest BCUT2D eigenvalue weighted by atomic mass is 10.1. The summed E-state index contributed by atoms with van der Waals surface area (Å²) in [5.41, 5.74) is 2.65. The van der Waals surface area contributed by atoms with Crippen molar-refractivity contribution in [1.29, 1.82) is 0 Å². The van der Waals surface area contributed by atoms with Gasteiger partial charge in [0, 0.05) is 12.8 Å². The molecule has 0 fully saturated rings. The van der Waals surface area contributed by atoms with Crippen LogP contribution in [0.3, 0.4) is 0 Å². The van der Waals surface area contributed by atoms with Gasteiger partial charge in [-0.1, -0.05) is 13.8 Å². The SMILES string of the molecule is CCc1nn(CC(C)OC)c(CC)c1C=O. The molecule has 1 atom stereocenters. The normalized spacial score (nSPS) is 12.8. The lowest BCUT2D eigenvalue weighted by molar-refractivity contribution is 0.0987. The van der Waals surface area contributed by atoms with Crippen LogP contribution in [0.15, 0.2) is 0 Å². The molecule has 1 heterocycles. The number of nitrogens with zero attached hydrogens (tertiary/aromatic N) is 2. The van der Waals surface area contributed by atoms with Gasteiger partial charge in [-0.2, -0.15) is 5.10 Å². The molecule has 1 aromatic rings. The van der Waals surface area contributed by atoms with Crippen LogP contribution in [-0.4, -0.2) is 29.3 Å². The number of aldehydes is 1. The molecule has 0 amide bonds. The quantitative estimate of drug-likeness (QED) is 0.693. The summed E-state index contributed by atoms with van der Waals surface area (Å²) in [6.07, 6.45) is 2.63. The van der Waals surface area contributed by atoms with E-state index < -0.39 is 0 Å². The molecule has 4 nitrogen and oxygen atoms in total. The highest BCUT2D eigenvalue weighted by molar-refractivity contribution is 5.78. The summed E-state index contributed by atoms with van der Waals surface area (Å²) in [5, 5.41) is 4.46. The standard InChI is InChI=1S/C12H20N2O2/c1-5-11-10(8-15)12(6-2)14(13-11)7-9(3)16-4/h8-9H,5-7H2,1-4H3. The fraction of sp³-hybridized carbons (Fsp3) is 0.667. The minimum atomic E-state index is 0.106. The number of carbonyl (C=O) groups is 1. The summed E-state index contributed by atoms with van der Waals surface area (Å²) >= 11 is 0. The average molecular weight is 224 g/mol. The van der Waals surface area contributed by atoms with Crippen molar-refractivity contribution in [2.24, 2.45) is 0 Å². The first-order valence-corrected chi connectivity index (χ1v) is 5.74.